The zero-order valence-electron chi connectivity index (χ0n) is 19.8. The molecule has 0 aliphatic carbocycles. The third-order valence-corrected chi connectivity index (χ3v) is 14.3. The van der Waals surface area contributed by atoms with Gasteiger partial charge in [-0.25, -0.2) is 0 Å². The van der Waals surface area contributed by atoms with Crippen molar-refractivity contribution in [1.82, 2.24) is 14.2 Å². The van der Waals surface area contributed by atoms with E-state index in [2.05, 4.69) is 4.52 Å². The van der Waals surface area contributed by atoms with Crippen LogP contribution in [-0.2, 0) is 4.52 Å². The number of halogens is 7. The summed E-state index contributed by atoms with van der Waals surface area (Å²) >= 11 is 0. The molecule has 4 nitrogen and oxygen atoms in total. The predicted molar refractivity (Wildman–Crippen MR) is 120 cm³/mol. The molecule has 1 aliphatic rings. The molecule has 13 heteroatoms. The van der Waals surface area contributed by atoms with Crippen LogP contribution in [0.15, 0.2) is 22.6 Å². The van der Waals surface area contributed by atoms with Crippen LogP contribution in [0.2, 0.25) is 0 Å². The first kappa shape index (κ1) is 29.4. The van der Waals surface area contributed by atoms with Crippen molar-refractivity contribution < 1.29 is 34.7 Å². The molecule has 0 saturated heterocycles. The maximum absolute atomic E-state index is 15.5. The first-order chi connectivity index (χ1) is 14.6. The van der Waals surface area contributed by atoms with E-state index in [1.807, 2.05) is 0 Å². The van der Waals surface area contributed by atoms with Crippen molar-refractivity contribution in [3.8, 4) is 0 Å². The monoisotopic (exact) mass is 517 g/mol. The van der Waals surface area contributed by atoms with E-state index < -0.39 is 50.0 Å². The summed E-state index contributed by atoms with van der Waals surface area (Å²) in [6, 6.07) is 0. The summed E-state index contributed by atoms with van der Waals surface area (Å²) in [6.07, 6.45) is -5.21. The van der Waals surface area contributed by atoms with Gasteiger partial charge in [-0.05, 0) is 0 Å². The van der Waals surface area contributed by atoms with E-state index in [1.54, 1.807) is 27.7 Å². The Labute approximate surface area is 187 Å². The van der Waals surface area contributed by atoms with Crippen LogP contribution in [0.3, 0.4) is 0 Å². The SMILES string of the molecule is CCN(CC)C(F)=C(C1=C(C)O[PH-](F)(F)(F)C[P+]1(N(CC)CC)N(CC)CC)C(F)(F)F. The molecule has 0 bridgehead atoms. The van der Waals surface area contributed by atoms with Gasteiger partial charge in [0.15, 0.2) is 0 Å². The summed E-state index contributed by atoms with van der Waals surface area (Å²) in [5, 5.41) is -0.680. The van der Waals surface area contributed by atoms with Crippen LogP contribution >= 0.6 is 15.3 Å². The molecule has 1 rings (SSSR count). The van der Waals surface area contributed by atoms with Crippen molar-refractivity contribution >= 4 is 15.3 Å². The second kappa shape index (κ2) is 10.3. The third-order valence-electron chi connectivity index (χ3n) is 5.66. The van der Waals surface area contributed by atoms with Gasteiger partial charge in [0.1, 0.15) is 0 Å². The molecule has 1 aliphatic heterocycles. The van der Waals surface area contributed by atoms with Gasteiger partial charge in [-0.1, -0.05) is 0 Å². The molecular formula is C19H36F7N3OP2. The fourth-order valence-electron chi connectivity index (χ4n) is 4.44. The van der Waals surface area contributed by atoms with E-state index in [-0.39, 0.29) is 39.3 Å². The number of allylic oxidation sites excluding steroid dienone is 3. The molecular weight excluding hydrogens is 481 g/mol. The second-order valence-corrected chi connectivity index (χ2v) is 14.0. The Balaban J connectivity index is 4.28. The summed E-state index contributed by atoms with van der Waals surface area (Å²) in [5.74, 6) is -3.93. The third kappa shape index (κ3) is 5.70. The molecule has 0 aromatic carbocycles. The maximum atomic E-state index is 15.5. The van der Waals surface area contributed by atoms with Gasteiger partial charge < -0.3 is 0 Å². The van der Waals surface area contributed by atoms with Gasteiger partial charge in [-0.2, -0.15) is 0 Å². The number of hydrogen-bond donors (Lipinski definition) is 0. The van der Waals surface area contributed by atoms with E-state index >= 15 is 4.39 Å². The molecule has 32 heavy (non-hydrogen) atoms. The van der Waals surface area contributed by atoms with Crippen LogP contribution < -0.4 is 0 Å². The van der Waals surface area contributed by atoms with E-state index in [0.717, 1.165) is 11.8 Å². The number of nitrogens with zero attached hydrogens (tertiary/aromatic N) is 3. The molecule has 0 aromatic heterocycles. The summed E-state index contributed by atoms with van der Waals surface area (Å²) < 4.78 is 111. The van der Waals surface area contributed by atoms with E-state index in [0.29, 0.717) is 0 Å². The molecule has 192 valence electrons. The standard InChI is InChI=1S/C19H36F7N3OP2/c1-8-27(9-2)18(20)16(19(21,22)23)17-15(7)30-32(24,25,26)14-31(17,28(10-3)11-4)29(12-5)13-6/h32H,8-14H2,1-7H3. The average Bonchev–Trinajstić information content (AvgIpc) is 2.65. The van der Waals surface area contributed by atoms with Gasteiger partial charge in [0, 0.05) is 0 Å². The molecule has 0 aromatic rings. The molecule has 0 saturated carbocycles. The van der Waals surface area contributed by atoms with Crippen LogP contribution in [0.4, 0.5) is 30.2 Å². The van der Waals surface area contributed by atoms with Gasteiger partial charge in [0.2, 0.25) is 0 Å². The normalized spacial score (nSPS) is 22.3. The molecule has 0 N–H and O–H groups in total. The van der Waals surface area contributed by atoms with E-state index in [4.69, 9.17) is 0 Å². The summed E-state index contributed by atoms with van der Waals surface area (Å²) in [6.45, 7) is 10.6. The Bertz CT molecular complexity index is 711. The Morgan fingerprint density at radius 3 is 1.59 bits per heavy atom. The fourth-order valence-corrected chi connectivity index (χ4v) is 14.3. The predicted octanol–water partition coefficient (Wildman–Crippen LogP) is 7.68. The van der Waals surface area contributed by atoms with Crippen LogP contribution in [0.25, 0.3) is 0 Å². The van der Waals surface area contributed by atoms with Crippen molar-refractivity contribution in [3.63, 3.8) is 0 Å². The second-order valence-electron chi connectivity index (χ2n) is 7.50. The molecule has 0 amide bonds. The van der Waals surface area contributed by atoms with Gasteiger partial charge >= 0.3 is 187 Å². The summed E-state index contributed by atoms with van der Waals surface area (Å²) in [5.41, 5.74) is -1.65. The van der Waals surface area contributed by atoms with Gasteiger partial charge in [-0.3, -0.25) is 0 Å². The molecule has 0 radical (unpaired) electrons. The van der Waals surface area contributed by atoms with Crippen molar-refractivity contribution in [1.29, 1.82) is 0 Å². The van der Waals surface area contributed by atoms with Crippen LogP contribution in [0, 0.1) is 0 Å². The zero-order chi connectivity index (χ0) is 25.1. The van der Waals surface area contributed by atoms with E-state index in [9.17, 15) is 25.8 Å². The number of hydrogen-bond acceptors (Lipinski definition) is 4. The van der Waals surface area contributed by atoms with Crippen LogP contribution in [0.5, 0.6) is 0 Å². The minimum absolute atomic E-state index is 0.0622. The molecule has 0 spiro atoms. The zero-order valence-corrected chi connectivity index (χ0v) is 21.7. The van der Waals surface area contributed by atoms with E-state index in [1.165, 1.54) is 23.2 Å². The summed E-state index contributed by atoms with van der Waals surface area (Å²) in [4.78, 5) is 0.874. The van der Waals surface area contributed by atoms with Gasteiger partial charge in [0.05, 0.1) is 0 Å². The number of alkyl halides is 3. The van der Waals surface area contributed by atoms with Crippen LogP contribution in [0.1, 0.15) is 48.5 Å². The van der Waals surface area contributed by atoms with Crippen molar-refractivity contribution in [2.75, 3.05) is 45.2 Å². The van der Waals surface area contributed by atoms with Crippen molar-refractivity contribution in [2.45, 2.75) is 54.6 Å². The quantitative estimate of drug-likeness (QED) is 0.168. The van der Waals surface area contributed by atoms with Crippen molar-refractivity contribution in [3.05, 3.63) is 22.6 Å². The van der Waals surface area contributed by atoms with Gasteiger partial charge in [-0.15, -0.1) is 0 Å². The van der Waals surface area contributed by atoms with Crippen molar-refractivity contribution in [2.24, 2.45) is 0 Å². The Morgan fingerprint density at radius 2 is 1.28 bits per heavy atom. The Morgan fingerprint density at radius 1 is 0.875 bits per heavy atom. The van der Waals surface area contributed by atoms with Gasteiger partial charge in [0.25, 0.3) is 0 Å². The number of rotatable bonds is 10. The summed E-state index contributed by atoms with van der Waals surface area (Å²) in [7, 11) is -11.5. The molecule has 0 fully saturated rings. The Hall–Kier alpha value is -0.630. The van der Waals surface area contributed by atoms with Crippen LogP contribution in [-0.4, -0.2) is 65.6 Å². The molecule has 1 heterocycles. The Kier molecular flexibility index (Phi) is 9.49. The molecule has 0 unspecified atom stereocenters. The minimum atomic E-state index is -7.60. The first-order valence-electron chi connectivity index (χ1n) is 10.9. The molecule has 0 atom stereocenters. The topological polar surface area (TPSA) is 19.0 Å². The average molecular weight is 517 g/mol. The fraction of sp³-hybridized carbons (Fsp3) is 0.789. The first-order valence-corrected chi connectivity index (χ1v) is 15.0.